The number of fused-ring (bicyclic) bond motifs is 1. The first-order valence-electron chi connectivity index (χ1n) is 4.97. The molecule has 4 heteroatoms. The van der Waals surface area contributed by atoms with Crippen molar-refractivity contribution in [2.45, 2.75) is 6.04 Å². The normalized spacial score (nSPS) is 19.7. The van der Waals surface area contributed by atoms with Crippen molar-refractivity contribution in [3.05, 3.63) is 29.8 Å². The van der Waals surface area contributed by atoms with Crippen molar-refractivity contribution in [3.8, 4) is 0 Å². The summed E-state index contributed by atoms with van der Waals surface area (Å²) < 4.78 is 4.77. The van der Waals surface area contributed by atoms with Crippen LogP contribution in [-0.2, 0) is 9.53 Å². The van der Waals surface area contributed by atoms with Crippen LogP contribution in [0.3, 0.4) is 0 Å². The largest absolute Gasteiger partial charge is 0.468 e. The molecule has 0 saturated carbocycles. The Morgan fingerprint density at radius 1 is 1.40 bits per heavy atom. The fraction of sp³-hybridized carbons (Fsp3) is 0.364. The van der Waals surface area contributed by atoms with Gasteiger partial charge >= 0.3 is 5.97 Å². The van der Waals surface area contributed by atoms with E-state index in [0.29, 0.717) is 0 Å². The highest BCUT2D eigenvalue weighted by atomic mass is 16.5. The topological polar surface area (TPSA) is 50.4 Å². The SMILES string of the molecule is COC(=O)C1NCCNc2ccccc21. The smallest absolute Gasteiger partial charge is 0.327 e. The molecule has 1 unspecified atom stereocenters. The van der Waals surface area contributed by atoms with Crippen LogP contribution in [0.25, 0.3) is 0 Å². The molecule has 0 spiro atoms. The number of carbonyl (C=O) groups is 1. The minimum atomic E-state index is -0.360. The van der Waals surface area contributed by atoms with Gasteiger partial charge in [0.25, 0.3) is 0 Å². The van der Waals surface area contributed by atoms with Crippen LogP contribution in [-0.4, -0.2) is 26.2 Å². The fourth-order valence-corrected chi connectivity index (χ4v) is 1.76. The van der Waals surface area contributed by atoms with Gasteiger partial charge in [-0.15, -0.1) is 0 Å². The Morgan fingerprint density at radius 2 is 2.20 bits per heavy atom. The molecule has 15 heavy (non-hydrogen) atoms. The zero-order valence-corrected chi connectivity index (χ0v) is 8.62. The number of carbonyl (C=O) groups excluding carboxylic acids is 1. The molecule has 1 aromatic rings. The Morgan fingerprint density at radius 3 is 3.00 bits per heavy atom. The van der Waals surface area contributed by atoms with E-state index in [9.17, 15) is 4.79 Å². The predicted octanol–water partition coefficient (Wildman–Crippen LogP) is 0.916. The number of nitrogens with one attached hydrogen (secondary N) is 2. The molecule has 0 amide bonds. The first-order chi connectivity index (χ1) is 7.33. The Balaban J connectivity index is 2.37. The van der Waals surface area contributed by atoms with Crippen LogP contribution in [0.5, 0.6) is 0 Å². The third-order valence-electron chi connectivity index (χ3n) is 2.50. The Labute approximate surface area is 88.6 Å². The number of methoxy groups -OCH3 is 1. The lowest BCUT2D eigenvalue weighted by atomic mass is 10.1. The molecule has 1 aliphatic heterocycles. The van der Waals surface area contributed by atoms with E-state index in [4.69, 9.17) is 4.74 Å². The molecule has 0 fully saturated rings. The van der Waals surface area contributed by atoms with Crippen molar-refractivity contribution < 1.29 is 9.53 Å². The van der Waals surface area contributed by atoms with Gasteiger partial charge in [-0.2, -0.15) is 0 Å². The zero-order chi connectivity index (χ0) is 10.7. The maximum Gasteiger partial charge on any atom is 0.327 e. The molecule has 4 nitrogen and oxygen atoms in total. The van der Waals surface area contributed by atoms with Crippen LogP contribution in [0.2, 0.25) is 0 Å². The van der Waals surface area contributed by atoms with Crippen LogP contribution >= 0.6 is 0 Å². The summed E-state index contributed by atoms with van der Waals surface area (Å²) in [6.45, 7) is 1.55. The van der Waals surface area contributed by atoms with Gasteiger partial charge in [0.05, 0.1) is 7.11 Å². The van der Waals surface area contributed by atoms with Gasteiger partial charge in [0, 0.05) is 24.3 Å². The minimum Gasteiger partial charge on any atom is -0.468 e. The van der Waals surface area contributed by atoms with Crippen LogP contribution in [0.1, 0.15) is 11.6 Å². The van der Waals surface area contributed by atoms with Gasteiger partial charge in [0.2, 0.25) is 0 Å². The van der Waals surface area contributed by atoms with E-state index in [1.54, 1.807) is 0 Å². The van der Waals surface area contributed by atoms with Crippen LogP contribution in [0.4, 0.5) is 5.69 Å². The number of hydrogen-bond acceptors (Lipinski definition) is 4. The van der Waals surface area contributed by atoms with Crippen molar-refractivity contribution in [1.82, 2.24) is 5.32 Å². The second-order valence-electron chi connectivity index (χ2n) is 3.42. The molecule has 1 heterocycles. The van der Waals surface area contributed by atoms with E-state index in [1.165, 1.54) is 7.11 Å². The highest BCUT2D eigenvalue weighted by Crippen LogP contribution is 2.25. The van der Waals surface area contributed by atoms with Crippen molar-refractivity contribution in [2.24, 2.45) is 0 Å². The van der Waals surface area contributed by atoms with Gasteiger partial charge in [-0.25, -0.2) is 4.79 Å². The van der Waals surface area contributed by atoms with Gasteiger partial charge in [-0.3, -0.25) is 5.32 Å². The molecule has 0 radical (unpaired) electrons. The number of anilines is 1. The first-order valence-corrected chi connectivity index (χ1v) is 4.97. The molecule has 0 saturated heterocycles. The summed E-state index contributed by atoms with van der Waals surface area (Å²) in [5.74, 6) is -0.244. The molecular weight excluding hydrogens is 192 g/mol. The molecule has 1 aliphatic rings. The van der Waals surface area contributed by atoms with Gasteiger partial charge in [-0.05, 0) is 6.07 Å². The van der Waals surface area contributed by atoms with Crippen LogP contribution in [0.15, 0.2) is 24.3 Å². The number of esters is 1. The maximum absolute atomic E-state index is 11.6. The van der Waals surface area contributed by atoms with Crippen molar-refractivity contribution in [1.29, 1.82) is 0 Å². The monoisotopic (exact) mass is 206 g/mol. The third-order valence-corrected chi connectivity index (χ3v) is 2.50. The molecule has 2 N–H and O–H groups in total. The molecule has 2 rings (SSSR count). The summed E-state index contributed by atoms with van der Waals surface area (Å²) in [6.07, 6.45) is 0. The highest BCUT2D eigenvalue weighted by Gasteiger charge is 2.24. The number of para-hydroxylation sites is 1. The van der Waals surface area contributed by atoms with E-state index in [1.807, 2.05) is 24.3 Å². The Hall–Kier alpha value is -1.55. The van der Waals surface area contributed by atoms with Gasteiger partial charge in [0.1, 0.15) is 6.04 Å². The summed E-state index contributed by atoms with van der Waals surface area (Å²) in [4.78, 5) is 11.6. The first kappa shape index (κ1) is 9.98. The lowest BCUT2D eigenvalue weighted by Crippen LogP contribution is -2.30. The summed E-state index contributed by atoms with van der Waals surface area (Å²) in [7, 11) is 1.41. The number of benzene rings is 1. The second-order valence-corrected chi connectivity index (χ2v) is 3.42. The van der Waals surface area contributed by atoms with E-state index in [-0.39, 0.29) is 12.0 Å². The summed E-state index contributed by atoms with van der Waals surface area (Å²) >= 11 is 0. The predicted molar refractivity (Wildman–Crippen MR) is 57.7 cm³/mol. The molecular formula is C11H14N2O2. The minimum absolute atomic E-state index is 0.244. The molecule has 0 aromatic heterocycles. The lowest BCUT2D eigenvalue weighted by molar-refractivity contribution is -0.143. The quantitative estimate of drug-likeness (QED) is 0.671. The molecule has 1 atom stereocenters. The zero-order valence-electron chi connectivity index (χ0n) is 8.62. The second kappa shape index (κ2) is 4.31. The van der Waals surface area contributed by atoms with Crippen molar-refractivity contribution >= 4 is 11.7 Å². The molecule has 80 valence electrons. The number of ether oxygens (including phenoxy) is 1. The number of hydrogen-bond donors (Lipinski definition) is 2. The average Bonchev–Trinajstić information content (AvgIpc) is 2.50. The van der Waals surface area contributed by atoms with E-state index >= 15 is 0 Å². The maximum atomic E-state index is 11.6. The molecule has 0 bridgehead atoms. The van der Waals surface area contributed by atoms with Gasteiger partial charge in [0.15, 0.2) is 0 Å². The summed E-state index contributed by atoms with van der Waals surface area (Å²) in [5.41, 5.74) is 1.94. The lowest BCUT2D eigenvalue weighted by Gasteiger charge is -2.15. The Kier molecular flexibility index (Phi) is 2.87. The number of rotatable bonds is 1. The van der Waals surface area contributed by atoms with Gasteiger partial charge in [-0.1, -0.05) is 18.2 Å². The average molecular weight is 206 g/mol. The van der Waals surface area contributed by atoms with Crippen molar-refractivity contribution in [3.63, 3.8) is 0 Å². The standard InChI is InChI=1S/C11H14N2O2/c1-15-11(14)10-8-4-2-3-5-9(8)12-6-7-13-10/h2-5,10,12-13H,6-7H2,1H3. The summed E-state index contributed by atoms with van der Waals surface area (Å²) in [6, 6.07) is 7.41. The Bertz CT molecular complexity index is 365. The molecule has 0 aliphatic carbocycles. The summed E-state index contributed by atoms with van der Waals surface area (Å²) in [5, 5.41) is 6.42. The fourth-order valence-electron chi connectivity index (χ4n) is 1.76. The van der Waals surface area contributed by atoms with Crippen molar-refractivity contribution in [2.75, 3.05) is 25.5 Å². The van der Waals surface area contributed by atoms with Crippen LogP contribution < -0.4 is 10.6 Å². The third kappa shape index (κ3) is 1.94. The van der Waals surface area contributed by atoms with E-state index in [2.05, 4.69) is 10.6 Å². The highest BCUT2D eigenvalue weighted by molar-refractivity contribution is 5.80. The van der Waals surface area contributed by atoms with Crippen LogP contribution in [0, 0.1) is 0 Å². The van der Waals surface area contributed by atoms with E-state index in [0.717, 1.165) is 24.3 Å². The van der Waals surface area contributed by atoms with E-state index < -0.39 is 0 Å². The van der Waals surface area contributed by atoms with Gasteiger partial charge < -0.3 is 10.1 Å². The molecule has 1 aromatic carbocycles.